The third-order valence-electron chi connectivity index (χ3n) is 3.51. The molecule has 5 nitrogen and oxygen atoms in total. The van der Waals surface area contributed by atoms with E-state index in [1.165, 1.54) is 0 Å². The molecule has 1 fully saturated rings. The Balaban J connectivity index is 1.70. The fraction of sp³-hybridized carbons (Fsp3) is 0.250. The highest BCUT2D eigenvalue weighted by Crippen LogP contribution is 2.22. The molecule has 120 valence electrons. The number of amides is 1. The van der Waals surface area contributed by atoms with Crippen molar-refractivity contribution in [3.05, 3.63) is 51.6 Å². The van der Waals surface area contributed by atoms with Crippen LogP contribution >= 0.6 is 27.5 Å². The zero-order valence-electron chi connectivity index (χ0n) is 12.3. The molecule has 0 aliphatic carbocycles. The molecule has 1 amide bonds. The molecule has 1 aromatic heterocycles. The van der Waals surface area contributed by atoms with Gasteiger partial charge < -0.3 is 15.0 Å². The van der Waals surface area contributed by atoms with Gasteiger partial charge in [-0.3, -0.25) is 4.79 Å². The molecule has 0 unspecified atom stereocenters. The number of benzene rings is 1. The van der Waals surface area contributed by atoms with Crippen molar-refractivity contribution in [2.75, 3.05) is 36.5 Å². The zero-order valence-corrected chi connectivity index (χ0v) is 14.6. The van der Waals surface area contributed by atoms with Crippen molar-refractivity contribution in [3.63, 3.8) is 0 Å². The molecule has 0 saturated carbocycles. The number of anilines is 2. The number of carbonyl (C=O) groups excluding carboxylic acids is 1. The second-order valence-electron chi connectivity index (χ2n) is 5.08. The first-order chi connectivity index (χ1) is 11.1. The maximum atomic E-state index is 12.3. The summed E-state index contributed by atoms with van der Waals surface area (Å²) in [6.07, 6.45) is 1.65. The molecular formula is C16H15BrClN3O2. The molecule has 0 bridgehead atoms. The van der Waals surface area contributed by atoms with E-state index in [0.29, 0.717) is 29.5 Å². The van der Waals surface area contributed by atoms with Crippen LogP contribution in [0.5, 0.6) is 0 Å². The number of rotatable bonds is 3. The van der Waals surface area contributed by atoms with Crippen LogP contribution in [0.15, 0.2) is 41.0 Å². The van der Waals surface area contributed by atoms with Crippen LogP contribution in [0.3, 0.4) is 0 Å². The molecule has 1 aliphatic heterocycles. The number of nitrogens with one attached hydrogen (secondary N) is 1. The van der Waals surface area contributed by atoms with Crippen LogP contribution in [0.25, 0.3) is 0 Å². The smallest absolute Gasteiger partial charge is 0.257 e. The summed E-state index contributed by atoms with van der Waals surface area (Å²) in [5.74, 6) is 0.615. The lowest BCUT2D eigenvalue weighted by Crippen LogP contribution is -2.36. The van der Waals surface area contributed by atoms with E-state index in [9.17, 15) is 4.79 Å². The molecule has 1 saturated heterocycles. The Hall–Kier alpha value is -1.63. The number of nitrogens with zero attached hydrogens (tertiary/aromatic N) is 2. The van der Waals surface area contributed by atoms with Gasteiger partial charge >= 0.3 is 0 Å². The van der Waals surface area contributed by atoms with Crippen LogP contribution in [0, 0.1) is 0 Å². The second kappa shape index (κ2) is 7.29. The molecule has 3 rings (SSSR count). The molecule has 0 atom stereocenters. The summed E-state index contributed by atoms with van der Waals surface area (Å²) >= 11 is 9.41. The van der Waals surface area contributed by atoms with Crippen molar-refractivity contribution in [3.8, 4) is 0 Å². The molecule has 7 heteroatoms. The Labute approximate surface area is 147 Å². The van der Waals surface area contributed by atoms with Crippen LogP contribution in [0.2, 0.25) is 5.02 Å². The quantitative estimate of drug-likeness (QED) is 0.861. The minimum absolute atomic E-state index is 0.266. The SMILES string of the molecule is O=C(Nc1ccc(N2CCOCC2)nc1)c1cc(Br)ccc1Cl. The van der Waals surface area contributed by atoms with E-state index in [0.717, 1.165) is 23.4 Å². The first-order valence-electron chi connectivity index (χ1n) is 7.18. The van der Waals surface area contributed by atoms with Crippen molar-refractivity contribution in [1.82, 2.24) is 4.98 Å². The number of hydrogen-bond donors (Lipinski definition) is 1. The van der Waals surface area contributed by atoms with Crippen molar-refractivity contribution in [2.45, 2.75) is 0 Å². The lowest BCUT2D eigenvalue weighted by molar-refractivity contribution is 0.102. The first-order valence-corrected chi connectivity index (χ1v) is 8.36. The predicted octanol–water partition coefficient (Wildman–Crippen LogP) is 3.59. The number of aromatic nitrogens is 1. The van der Waals surface area contributed by atoms with Crippen molar-refractivity contribution in [1.29, 1.82) is 0 Å². The van der Waals surface area contributed by atoms with E-state index in [2.05, 4.69) is 31.1 Å². The summed E-state index contributed by atoms with van der Waals surface area (Å²) in [5.41, 5.74) is 1.04. The normalized spacial score (nSPS) is 14.6. The fourth-order valence-electron chi connectivity index (χ4n) is 2.31. The van der Waals surface area contributed by atoms with Gasteiger partial charge in [-0.05, 0) is 30.3 Å². The van der Waals surface area contributed by atoms with Crippen molar-refractivity contribution < 1.29 is 9.53 Å². The average molecular weight is 397 g/mol. The molecular weight excluding hydrogens is 382 g/mol. The number of morpholine rings is 1. The second-order valence-corrected chi connectivity index (χ2v) is 6.41. The molecule has 1 N–H and O–H groups in total. The summed E-state index contributed by atoms with van der Waals surface area (Å²) in [6.45, 7) is 3.07. The van der Waals surface area contributed by atoms with Gasteiger partial charge in [0, 0.05) is 17.6 Å². The topological polar surface area (TPSA) is 54.5 Å². The molecule has 0 radical (unpaired) electrons. The fourth-order valence-corrected chi connectivity index (χ4v) is 2.87. The van der Waals surface area contributed by atoms with E-state index in [4.69, 9.17) is 16.3 Å². The van der Waals surface area contributed by atoms with E-state index in [1.807, 2.05) is 12.1 Å². The molecule has 1 aliphatic rings. The standard InChI is InChI=1S/C16H15BrClN3O2/c17-11-1-3-14(18)13(9-11)16(22)20-12-2-4-15(19-10-12)21-5-7-23-8-6-21/h1-4,9-10H,5-8H2,(H,20,22). The number of pyridine rings is 1. The first kappa shape index (κ1) is 16.2. The van der Waals surface area contributed by atoms with Crippen molar-refractivity contribution >= 4 is 44.9 Å². The summed E-state index contributed by atoms with van der Waals surface area (Å²) in [4.78, 5) is 18.9. The number of carbonyl (C=O) groups is 1. The van der Waals surface area contributed by atoms with Crippen LogP contribution in [0.4, 0.5) is 11.5 Å². The van der Waals surface area contributed by atoms with E-state index in [-0.39, 0.29) is 5.91 Å². The van der Waals surface area contributed by atoms with Gasteiger partial charge in [-0.25, -0.2) is 4.98 Å². The minimum atomic E-state index is -0.266. The van der Waals surface area contributed by atoms with Crippen LogP contribution < -0.4 is 10.2 Å². The molecule has 2 aromatic rings. The maximum Gasteiger partial charge on any atom is 0.257 e. The van der Waals surface area contributed by atoms with Gasteiger partial charge in [-0.1, -0.05) is 27.5 Å². The monoisotopic (exact) mass is 395 g/mol. The van der Waals surface area contributed by atoms with Gasteiger partial charge in [0.15, 0.2) is 0 Å². The molecule has 23 heavy (non-hydrogen) atoms. The molecule has 2 heterocycles. The van der Waals surface area contributed by atoms with Crippen molar-refractivity contribution in [2.24, 2.45) is 0 Å². The average Bonchev–Trinajstić information content (AvgIpc) is 2.58. The summed E-state index contributed by atoms with van der Waals surface area (Å²) < 4.78 is 6.12. The maximum absolute atomic E-state index is 12.3. The third kappa shape index (κ3) is 4.02. The lowest BCUT2D eigenvalue weighted by Gasteiger charge is -2.27. The van der Waals surface area contributed by atoms with Crippen LogP contribution in [-0.4, -0.2) is 37.2 Å². The zero-order chi connectivity index (χ0) is 16.2. The third-order valence-corrected chi connectivity index (χ3v) is 4.34. The summed E-state index contributed by atoms with van der Waals surface area (Å²) in [6, 6.07) is 8.89. The summed E-state index contributed by atoms with van der Waals surface area (Å²) in [5, 5.41) is 3.21. The van der Waals surface area contributed by atoms with Crippen LogP contribution in [0.1, 0.15) is 10.4 Å². The van der Waals surface area contributed by atoms with Gasteiger partial charge in [0.2, 0.25) is 0 Å². The van der Waals surface area contributed by atoms with E-state index >= 15 is 0 Å². The van der Waals surface area contributed by atoms with Gasteiger partial charge in [0.05, 0.1) is 35.7 Å². The Kier molecular flexibility index (Phi) is 5.15. The Bertz CT molecular complexity index is 703. The molecule has 0 spiro atoms. The Morgan fingerprint density at radius 2 is 2.04 bits per heavy atom. The highest BCUT2D eigenvalue weighted by Gasteiger charge is 2.14. The van der Waals surface area contributed by atoms with Crippen LogP contribution in [-0.2, 0) is 4.74 Å². The number of ether oxygens (including phenoxy) is 1. The highest BCUT2D eigenvalue weighted by atomic mass is 79.9. The predicted molar refractivity (Wildman–Crippen MR) is 94.4 cm³/mol. The van der Waals surface area contributed by atoms with Gasteiger partial charge in [-0.2, -0.15) is 0 Å². The van der Waals surface area contributed by atoms with Gasteiger partial charge in [0.1, 0.15) is 5.82 Å². The van der Waals surface area contributed by atoms with E-state index in [1.54, 1.807) is 24.4 Å². The number of hydrogen-bond acceptors (Lipinski definition) is 4. The Morgan fingerprint density at radius 1 is 1.26 bits per heavy atom. The van der Waals surface area contributed by atoms with Gasteiger partial charge in [-0.15, -0.1) is 0 Å². The van der Waals surface area contributed by atoms with E-state index < -0.39 is 0 Å². The largest absolute Gasteiger partial charge is 0.378 e. The van der Waals surface area contributed by atoms with Gasteiger partial charge in [0.25, 0.3) is 5.91 Å². The lowest BCUT2D eigenvalue weighted by atomic mass is 10.2. The molecule has 1 aromatic carbocycles. The number of halogens is 2. The highest BCUT2D eigenvalue weighted by molar-refractivity contribution is 9.10. The Morgan fingerprint density at radius 3 is 2.74 bits per heavy atom. The minimum Gasteiger partial charge on any atom is -0.378 e. The summed E-state index contributed by atoms with van der Waals surface area (Å²) in [7, 11) is 0.